The number of benzene rings is 1. The van der Waals surface area contributed by atoms with Crippen LogP contribution in [-0.2, 0) is 6.54 Å². The standard InChI is InChI=1S/C11H10N2O4/c14-9-3-1-2-8(10(9)15)11(16)12-6-7-4-5-17-13-7/h1-5,14-15H,6H2,(H,12,16). The number of hydrogen-bond donors (Lipinski definition) is 3. The highest BCUT2D eigenvalue weighted by molar-refractivity contribution is 5.97. The molecule has 0 atom stereocenters. The molecule has 0 bridgehead atoms. The van der Waals surface area contributed by atoms with E-state index in [2.05, 4.69) is 15.0 Å². The van der Waals surface area contributed by atoms with E-state index in [4.69, 9.17) is 0 Å². The Kier molecular flexibility index (Phi) is 2.95. The molecular formula is C11H10N2O4. The summed E-state index contributed by atoms with van der Waals surface area (Å²) in [5.41, 5.74) is 0.575. The second-order valence-corrected chi connectivity index (χ2v) is 3.35. The minimum Gasteiger partial charge on any atom is -0.504 e. The average molecular weight is 234 g/mol. The summed E-state index contributed by atoms with van der Waals surface area (Å²) >= 11 is 0. The van der Waals surface area contributed by atoms with Gasteiger partial charge in [-0.25, -0.2) is 0 Å². The minimum atomic E-state index is -0.499. The average Bonchev–Trinajstić information content (AvgIpc) is 2.82. The summed E-state index contributed by atoms with van der Waals surface area (Å²) in [6.07, 6.45) is 1.40. The monoisotopic (exact) mass is 234 g/mol. The molecule has 88 valence electrons. The van der Waals surface area contributed by atoms with Crippen LogP contribution in [0.4, 0.5) is 0 Å². The lowest BCUT2D eigenvalue weighted by molar-refractivity contribution is 0.0946. The molecule has 2 rings (SSSR count). The van der Waals surface area contributed by atoms with Crippen molar-refractivity contribution in [3.05, 3.63) is 41.8 Å². The number of hydrogen-bond acceptors (Lipinski definition) is 5. The third-order valence-corrected chi connectivity index (χ3v) is 2.18. The summed E-state index contributed by atoms with van der Waals surface area (Å²) in [6.45, 7) is 0.185. The van der Waals surface area contributed by atoms with Crippen LogP contribution in [0, 0.1) is 0 Å². The summed E-state index contributed by atoms with van der Waals surface area (Å²) < 4.78 is 4.60. The molecule has 0 spiro atoms. The number of aromatic hydroxyl groups is 2. The van der Waals surface area contributed by atoms with Crippen molar-refractivity contribution in [1.82, 2.24) is 10.5 Å². The number of nitrogens with one attached hydrogen (secondary N) is 1. The van der Waals surface area contributed by atoms with Gasteiger partial charge in [0.25, 0.3) is 5.91 Å². The fraction of sp³-hybridized carbons (Fsp3) is 0.0909. The Hall–Kier alpha value is -2.50. The van der Waals surface area contributed by atoms with Crippen molar-refractivity contribution in [2.75, 3.05) is 0 Å². The number of nitrogens with zero attached hydrogens (tertiary/aromatic N) is 1. The Labute approximate surface area is 96.5 Å². The summed E-state index contributed by atoms with van der Waals surface area (Å²) in [6, 6.07) is 5.79. The summed E-state index contributed by atoms with van der Waals surface area (Å²) in [5.74, 6) is -1.27. The van der Waals surface area contributed by atoms with E-state index in [1.807, 2.05) is 0 Å². The number of phenolic OH excluding ortho intramolecular Hbond substituents is 2. The lowest BCUT2D eigenvalue weighted by Gasteiger charge is -2.06. The number of rotatable bonds is 3. The van der Waals surface area contributed by atoms with Gasteiger partial charge in [-0.3, -0.25) is 4.79 Å². The Morgan fingerprint density at radius 1 is 1.35 bits per heavy atom. The van der Waals surface area contributed by atoms with Crippen molar-refractivity contribution in [2.45, 2.75) is 6.54 Å². The largest absolute Gasteiger partial charge is 0.504 e. The smallest absolute Gasteiger partial charge is 0.255 e. The fourth-order valence-electron chi connectivity index (χ4n) is 1.31. The van der Waals surface area contributed by atoms with Crippen LogP contribution in [0.1, 0.15) is 16.1 Å². The van der Waals surface area contributed by atoms with E-state index in [0.29, 0.717) is 5.69 Å². The second-order valence-electron chi connectivity index (χ2n) is 3.35. The lowest BCUT2D eigenvalue weighted by atomic mass is 10.1. The molecule has 1 aromatic heterocycles. The Morgan fingerprint density at radius 2 is 2.18 bits per heavy atom. The van der Waals surface area contributed by atoms with Gasteiger partial charge >= 0.3 is 0 Å². The van der Waals surface area contributed by atoms with Crippen LogP contribution in [-0.4, -0.2) is 21.3 Å². The maximum absolute atomic E-state index is 11.7. The number of para-hydroxylation sites is 1. The maximum Gasteiger partial charge on any atom is 0.255 e. The zero-order valence-corrected chi connectivity index (χ0v) is 8.75. The van der Waals surface area contributed by atoms with Crippen LogP contribution in [0.2, 0.25) is 0 Å². The topological polar surface area (TPSA) is 95.6 Å². The normalized spacial score (nSPS) is 10.1. The van der Waals surface area contributed by atoms with E-state index in [0.717, 1.165) is 0 Å². The molecule has 0 unspecified atom stereocenters. The molecule has 0 fully saturated rings. The van der Waals surface area contributed by atoms with Gasteiger partial charge in [-0.05, 0) is 12.1 Å². The van der Waals surface area contributed by atoms with Crippen molar-refractivity contribution < 1.29 is 19.5 Å². The van der Waals surface area contributed by atoms with Gasteiger partial charge in [0.2, 0.25) is 0 Å². The molecule has 0 saturated heterocycles. The van der Waals surface area contributed by atoms with Gasteiger partial charge in [0.05, 0.1) is 12.1 Å². The van der Waals surface area contributed by atoms with E-state index in [1.54, 1.807) is 6.07 Å². The van der Waals surface area contributed by atoms with Crippen molar-refractivity contribution in [3.63, 3.8) is 0 Å². The predicted molar refractivity (Wildman–Crippen MR) is 57.4 cm³/mol. The summed E-state index contributed by atoms with van der Waals surface area (Å²) in [4.78, 5) is 11.7. The second kappa shape index (κ2) is 4.56. The van der Waals surface area contributed by atoms with Crippen LogP contribution < -0.4 is 5.32 Å². The molecule has 6 nitrogen and oxygen atoms in total. The molecule has 0 aliphatic rings. The van der Waals surface area contributed by atoms with Crippen molar-refractivity contribution in [3.8, 4) is 11.5 Å². The van der Waals surface area contributed by atoms with Crippen LogP contribution in [0.5, 0.6) is 11.5 Å². The number of amides is 1. The number of aromatic nitrogens is 1. The first-order valence-corrected chi connectivity index (χ1v) is 4.87. The number of carbonyl (C=O) groups excluding carboxylic acids is 1. The third kappa shape index (κ3) is 2.36. The molecule has 0 aliphatic carbocycles. The van der Waals surface area contributed by atoms with Gasteiger partial charge in [0, 0.05) is 6.07 Å². The van der Waals surface area contributed by atoms with E-state index < -0.39 is 11.7 Å². The van der Waals surface area contributed by atoms with Gasteiger partial charge in [-0.2, -0.15) is 0 Å². The van der Waals surface area contributed by atoms with E-state index in [9.17, 15) is 15.0 Å². The summed E-state index contributed by atoms with van der Waals surface area (Å²) in [5, 5.41) is 24.9. The Bertz CT molecular complexity index is 522. The highest BCUT2D eigenvalue weighted by Gasteiger charge is 2.13. The van der Waals surface area contributed by atoms with Gasteiger partial charge < -0.3 is 20.1 Å². The fourth-order valence-corrected chi connectivity index (χ4v) is 1.31. The molecule has 1 amide bonds. The van der Waals surface area contributed by atoms with Crippen molar-refractivity contribution in [1.29, 1.82) is 0 Å². The highest BCUT2D eigenvalue weighted by Crippen LogP contribution is 2.27. The van der Waals surface area contributed by atoms with Gasteiger partial charge in [-0.1, -0.05) is 11.2 Å². The van der Waals surface area contributed by atoms with Crippen LogP contribution in [0.25, 0.3) is 0 Å². The zero-order chi connectivity index (χ0) is 12.3. The molecule has 1 aromatic carbocycles. The number of phenols is 2. The van der Waals surface area contributed by atoms with Gasteiger partial charge in [0.1, 0.15) is 12.0 Å². The lowest BCUT2D eigenvalue weighted by Crippen LogP contribution is -2.22. The third-order valence-electron chi connectivity index (χ3n) is 2.18. The molecule has 0 aliphatic heterocycles. The van der Waals surface area contributed by atoms with E-state index >= 15 is 0 Å². The van der Waals surface area contributed by atoms with Crippen LogP contribution in [0.15, 0.2) is 35.1 Å². The first-order chi connectivity index (χ1) is 8.18. The van der Waals surface area contributed by atoms with Crippen LogP contribution in [0.3, 0.4) is 0 Å². The summed E-state index contributed by atoms with van der Waals surface area (Å²) in [7, 11) is 0. The highest BCUT2D eigenvalue weighted by atomic mass is 16.5. The number of carbonyl (C=O) groups is 1. The quantitative estimate of drug-likeness (QED) is 0.689. The van der Waals surface area contributed by atoms with Gasteiger partial charge in [-0.15, -0.1) is 0 Å². The van der Waals surface area contributed by atoms with Gasteiger partial charge in [0.15, 0.2) is 11.5 Å². The Balaban J connectivity index is 2.07. The molecule has 17 heavy (non-hydrogen) atoms. The first kappa shape index (κ1) is 11.0. The van der Waals surface area contributed by atoms with E-state index in [-0.39, 0.29) is 17.9 Å². The Morgan fingerprint density at radius 3 is 2.88 bits per heavy atom. The molecule has 1 heterocycles. The van der Waals surface area contributed by atoms with Crippen molar-refractivity contribution in [2.24, 2.45) is 0 Å². The molecule has 3 N–H and O–H groups in total. The SMILES string of the molecule is O=C(NCc1ccon1)c1cccc(O)c1O. The molecular weight excluding hydrogens is 224 g/mol. The molecule has 0 radical (unpaired) electrons. The molecule has 0 saturated carbocycles. The van der Waals surface area contributed by atoms with Crippen LogP contribution >= 0.6 is 0 Å². The minimum absolute atomic E-state index is 0.00787. The van der Waals surface area contributed by atoms with Crippen molar-refractivity contribution >= 4 is 5.91 Å². The molecule has 6 heteroatoms. The van der Waals surface area contributed by atoms with E-state index in [1.165, 1.54) is 24.5 Å². The zero-order valence-electron chi connectivity index (χ0n) is 8.75. The first-order valence-electron chi connectivity index (χ1n) is 4.87. The maximum atomic E-state index is 11.7. The molecule has 2 aromatic rings. The predicted octanol–water partition coefficient (Wildman–Crippen LogP) is 1.02.